The molecule has 0 fully saturated rings. The SMILES string of the molecule is CC[C@@H](O)c1cc2n(n1)CCCN(C(=O)CSc1ccccn1)C2. The quantitative estimate of drug-likeness (QED) is 0.841. The molecule has 0 radical (unpaired) electrons. The molecule has 0 unspecified atom stereocenters. The van der Waals surface area contributed by atoms with Gasteiger partial charge in [0.05, 0.1) is 34.8 Å². The summed E-state index contributed by atoms with van der Waals surface area (Å²) in [4.78, 5) is 18.6. The van der Waals surface area contributed by atoms with E-state index in [0.29, 0.717) is 24.4 Å². The molecule has 1 amide bonds. The molecule has 2 aromatic heterocycles. The summed E-state index contributed by atoms with van der Waals surface area (Å²) in [5.74, 6) is 0.494. The zero-order valence-electron chi connectivity index (χ0n) is 13.8. The van der Waals surface area contributed by atoms with Gasteiger partial charge in [0.25, 0.3) is 0 Å². The molecule has 24 heavy (non-hydrogen) atoms. The lowest BCUT2D eigenvalue weighted by Crippen LogP contribution is -2.32. The van der Waals surface area contributed by atoms with E-state index in [1.807, 2.05) is 40.8 Å². The van der Waals surface area contributed by atoms with E-state index in [2.05, 4.69) is 10.1 Å². The van der Waals surface area contributed by atoms with Gasteiger partial charge in [0.15, 0.2) is 0 Å². The largest absolute Gasteiger partial charge is 0.387 e. The lowest BCUT2D eigenvalue weighted by Gasteiger charge is -2.19. The molecule has 7 heteroatoms. The topological polar surface area (TPSA) is 71.2 Å². The molecule has 0 bridgehead atoms. The number of hydrogen-bond acceptors (Lipinski definition) is 5. The van der Waals surface area contributed by atoms with Gasteiger partial charge in [-0.05, 0) is 31.0 Å². The van der Waals surface area contributed by atoms with Crippen LogP contribution in [0, 0.1) is 0 Å². The Bertz CT molecular complexity index is 689. The zero-order valence-corrected chi connectivity index (χ0v) is 14.6. The fourth-order valence-corrected chi connectivity index (χ4v) is 3.49. The average Bonchev–Trinajstić information content (AvgIpc) is 2.91. The molecule has 3 rings (SSSR count). The molecule has 0 saturated carbocycles. The Morgan fingerprint density at radius 2 is 2.29 bits per heavy atom. The number of carbonyl (C=O) groups excluding carboxylic acids is 1. The third-order valence-electron chi connectivity index (χ3n) is 4.10. The highest BCUT2D eigenvalue weighted by Gasteiger charge is 2.22. The number of hydrogen-bond donors (Lipinski definition) is 1. The third kappa shape index (κ3) is 3.96. The minimum atomic E-state index is -0.534. The summed E-state index contributed by atoms with van der Waals surface area (Å²) in [7, 11) is 0. The molecule has 128 valence electrons. The highest BCUT2D eigenvalue weighted by atomic mass is 32.2. The Morgan fingerprint density at radius 3 is 3.04 bits per heavy atom. The van der Waals surface area contributed by atoms with E-state index >= 15 is 0 Å². The number of carbonyl (C=O) groups is 1. The van der Waals surface area contributed by atoms with E-state index in [4.69, 9.17) is 0 Å². The first-order chi connectivity index (χ1) is 11.7. The van der Waals surface area contributed by atoms with Crippen molar-refractivity contribution in [2.24, 2.45) is 0 Å². The van der Waals surface area contributed by atoms with Gasteiger partial charge >= 0.3 is 0 Å². The average molecular weight is 346 g/mol. The maximum absolute atomic E-state index is 12.5. The molecule has 1 N–H and O–H groups in total. The zero-order chi connectivity index (χ0) is 16.9. The Labute approximate surface area is 145 Å². The molecule has 1 aliphatic rings. The molecular formula is C17H22N4O2S. The smallest absolute Gasteiger partial charge is 0.233 e. The Balaban J connectivity index is 1.64. The van der Waals surface area contributed by atoms with Crippen molar-refractivity contribution in [1.82, 2.24) is 19.7 Å². The van der Waals surface area contributed by atoms with Crippen LogP contribution in [0.5, 0.6) is 0 Å². The summed E-state index contributed by atoms with van der Waals surface area (Å²) in [6, 6.07) is 7.62. The number of fused-ring (bicyclic) bond motifs is 1. The number of aliphatic hydroxyl groups is 1. The van der Waals surface area contributed by atoms with Crippen LogP contribution in [0.1, 0.15) is 37.3 Å². The maximum Gasteiger partial charge on any atom is 0.233 e. The summed E-state index contributed by atoms with van der Waals surface area (Å²) in [6.45, 7) is 3.99. The van der Waals surface area contributed by atoms with Crippen molar-refractivity contribution in [3.63, 3.8) is 0 Å². The van der Waals surface area contributed by atoms with Crippen LogP contribution in [0.2, 0.25) is 0 Å². The van der Waals surface area contributed by atoms with E-state index in [-0.39, 0.29) is 5.91 Å². The minimum absolute atomic E-state index is 0.109. The molecule has 3 heterocycles. The molecule has 0 saturated heterocycles. The standard InChI is InChI=1S/C17H22N4O2S/c1-2-15(22)14-10-13-11-20(8-5-9-21(13)19-14)17(23)12-24-16-6-3-4-7-18-16/h3-4,6-7,10,15,22H,2,5,8-9,11-12H2,1H3/t15-/m1/s1. The van der Waals surface area contributed by atoms with E-state index in [0.717, 1.165) is 30.2 Å². The van der Waals surface area contributed by atoms with Crippen molar-refractivity contribution < 1.29 is 9.90 Å². The first-order valence-electron chi connectivity index (χ1n) is 8.23. The van der Waals surface area contributed by atoms with E-state index in [1.165, 1.54) is 11.8 Å². The van der Waals surface area contributed by atoms with Gasteiger partial charge in [0, 0.05) is 19.3 Å². The molecule has 0 aromatic carbocycles. The number of thioether (sulfide) groups is 1. The van der Waals surface area contributed by atoms with Gasteiger partial charge in [-0.25, -0.2) is 4.98 Å². The first-order valence-corrected chi connectivity index (χ1v) is 9.22. The monoisotopic (exact) mass is 346 g/mol. The van der Waals surface area contributed by atoms with Crippen LogP contribution in [0.15, 0.2) is 35.5 Å². The molecule has 0 spiro atoms. The van der Waals surface area contributed by atoms with Crippen LogP contribution in [0.4, 0.5) is 0 Å². The number of nitrogens with zero attached hydrogens (tertiary/aromatic N) is 4. The molecule has 1 aliphatic heterocycles. The van der Waals surface area contributed by atoms with Crippen LogP contribution in [0.25, 0.3) is 0 Å². The number of amides is 1. The predicted octanol–water partition coefficient (Wildman–Crippen LogP) is 2.25. The Hall–Kier alpha value is -1.86. The van der Waals surface area contributed by atoms with Crippen LogP contribution >= 0.6 is 11.8 Å². The van der Waals surface area contributed by atoms with Crippen molar-refractivity contribution in [2.75, 3.05) is 12.3 Å². The summed E-state index contributed by atoms with van der Waals surface area (Å²) in [5.41, 5.74) is 1.69. The van der Waals surface area contributed by atoms with Gasteiger partial charge in [-0.1, -0.05) is 24.8 Å². The van der Waals surface area contributed by atoms with E-state index in [1.54, 1.807) is 6.20 Å². The first kappa shape index (κ1) is 17.0. The van der Waals surface area contributed by atoms with E-state index < -0.39 is 6.10 Å². The summed E-state index contributed by atoms with van der Waals surface area (Å²) in [5, 5.41) is 15.3. The highest BCUT2D eigenvalue weighted by molar-refractivity contribution is 7.99. The second kappa shape index (κ2) is 7.81. The third-order valence-corrected chi connectivity index (χ3v) is 5.02. The second-order valence-corrected chi connectivity index (χ2v) is 6.83. The predicted molar refractivity (Wildman–Crippen MR) is 92.5 cm³/mol. The van der Waals surface area contributed by atoms with Crippen LogP contribution in [-0.2, 0) is 17.9 Å². The highest BCUT2D eigenvalue weighted by Crippen LogP contribution is 2.21. The van der Waals surface area contributed by atoms with Crippen molar-refractivity contribution in [3.8, 4) is 0 Å². The lowest BCUT2D eigenvalue weighted by molar-refractivity contribution is -0.128. The normalized spacial score (nSPS) is 15.7. The van der Waals surface area contributed by atoms with Gasteiger partial charge in [0.2, 0.25) is 5.91 Å². The van der Waals surface area contributed by atoms with Crippen molar-refractivity contribution in [1.29, 1.82) is 0 Å². The van der Waals surface area contributed by atoms with Crippen molar-refractivity contribution in [2.45, 2.75) is 44.0 Å². The number of aromatic nitrogens is 3. The molecule has 6 nitrogen and oxygen atoms in total. The van der Waals surface area contributed by atoms with Gasteiger partial charge in [-0.15, -0.1) is 0 Å². The second-order valence-electron chi connectivity index (χ2n) is 5.83. The number of aliphatic hydroxyl groups excluding tert-OH is 1. The fraction of sp³-hybridized carbons (Fsp3) is 0.471. The summed E-state index contributed by atoms with van der Waals surface area (Å²) in [6.07, 6.45) is 2.71. The van der Waals surface area contributed by atoms with Gasteiger partial charge in [-0.2, -0.15) is 5.10 Å². The number of rotatable bonds is 5. The summed E-state index contributed by atoms with van der Waals surface area (Å²) < 4.78 is 1.92. The molecule has 0 aliphatic carbocycles. The van der Waals surface area contributed by atoms with Crippen LogP contribution in [0.3, 0.4) is 0 Å². The fourth-order valence-electron chi connectivity index (χ4n) is 2.73. The van der Waals surface area contributed by atoms with Crippen molar-refractivity contribution >= 4 is 17.7 Å². The van der Waals surface area contributed by atoms with Gasteiger partial charge < -0.3 is 10.0 Å². The van der Waals surface area contributed by atoms with Gasteiger partial charge in [0.1, 0.15) is 0 Å². The van der Waals surface area contributed by atoms with Crippen LogP contribution < -0.4 is 0 Å². The Kier molecular flexibility index (Phi) is 5.52. The van der Waals surface area contributed by atoms with Crippen molar-refractivity contribution in [3.05, 3.63) is 41.9 Å². The molecule has 1 atom stereocenters. The number of pyridine rings is 1. The van der Waals surface area contributed by atoms with Gasteiger partial charge in [-0.3, -0.25) is 9.48 Å². The molecule has 2 aromatic rings. The van der Waals surface area contributed by atoms with E-state index in [9.17, 15) is 9.90 Å². The Morgan fingerprint density at radius 1 is 1.42 bits per heavy atom. The summed E-state index contributed by atoms with van der Waals surface area (Å²) >= 11 is 1.46. The lowest BCUT2D eigenvalue weighted by atomic mass is 10.2. The minimum Gasteiger partial charge on any atom is -0.387 e. The molecular weight excluding hydrogens is 324 g/mol. The maximum atomic E-state index is 12.5. The van der Waals surface area contributed by atoms with Crippen LogP contribution in [-0.4, -0.2) is 43.0 Å². The number of aryl methyl sites for hydroxylation is 1.